The summed E-state index contributed by atoms with van der Waals surface area (Å²) < 4.78 is 18.5. The summed E-state index contributed by atoms with van der Waals surface area (Å²) in [5.41, 5.74) is 2.68. The summed E-state index contributed by atoms with van der Waals surface area (Å²) in [6.45, 7) is 3.66. The normalized spacial score (nSPS) is 11.1. The minimum absolute atomic E-state index is 0.266. The smallest absolute Gasteiger partial charge is 0.278 e. The molecule has 3 rings (SSSR count). The molecule has 5 heteroatoms. The molecule has 0 saturated carbocycles. The molecule has 1 N–H and O–H groups in total. The van der Waals surface area contributed by atoms with Crippen molar-refractivity contribution in [3.05, 3.63) is 51.7 Å². The van der Waals surface area contributed by atoms with Gasteiger partial charge in [-0.15, -0.1) is 0 Å². The van der Waals surface area contributed by atoms with Crippen LogP contribution < -0.4 is 5.56 Å². The molecule has 0 saturated heterocycles. The number of halogens is 1. The van der Waals surface area contributed by atoms with E-state index in [1.54, 1.807) is 19.1 Å². The Kier molecular flexibility index (Phi) is 2.48. The van der Waals surface area contributed by atoms with Crippen molar-refractivity contribution in [1.82, 2.24) is 9.97 Å². The van der Waals surface area contributed by atoms with Gasteiger partial charge in [-0.3, -0.25) is 4.79 Å². The fraction of sp³-hybridized carbons (Fsp3) is 0.143. The molecule has 0 unspecified atom stereocenters. The van der Waals surface area contributed by atoms with E-state index in [0.29, 0.717) is 17.0 Å². The lowest BCUT2D eigenvalue weighted by Gasteiger charge is -1.97. The third kappa shape index (κ3) is 1.83. The molecule has 1 aromatic carbocycles. The SMILES string of the molecule is Cc1[nH]c(=O)c2nc(-c3ccc(F)cc3)oc2c1C. The molecule has 19 heavy (non-hydrogen) atoms. The molecular formula is C14H11FN2O2. The molecule has 0 aliphatic carbocycles. The Morgan fingerprint density at radius 2 is 1.89 bits per heavy atom. The third-order valence-corrected chi connectivity index (χ3v) is 3.14. The van der Waals surface area contributed by atoms with Gasteiger partial charge < -0.3 is 9.40 Å². The summed E-state index contributed by atoms with van der Waals surface area (Å²) >= 11 is 0. The van der Waals surface area contributed by atoms with Crippen LogP contribution in [0, 0.1) is 19.7 Å². The number of nitrogens with zero attached hydrogens (tertiary/aromatic N) is 1. The number of aryl methyl sites for hydroxylation is 2. The van der Waals surface area contributed by atoms with E-state index >= 15 is 0 Å². The summed E-state index contributed by atoms with van der Waals surface area (Å²) in [7, 11) is 0. The van der Waals surface area contributed by atoms with E-state index in [9.17, 15) is 9.18 Å². The van der Waals surface area contributed by atoms with Gasteiger partial charge in [-0.25, -0.2) is 9.37 Å². The zero-order valence-corrected chi connectivity index (χ0v) is 10.5. The number of aromatic amines is 1. The molecule has 4 nitrogen and oxygen atoms in total. The molecule has 0 bridgehead atoms. The van der Waals surface area contributed by atoms with E-state index in [0.717, 1.165) is 11.3 Å². The Balaban J connectivity index is 2.27. The number of hydrogen-bond donors (Lipinski definition) is 1. The maximum atomic E-state index is 12.9. The maximum absolute atomic E-state index is 12.9. The summed E-state index contributed by atoms with van der Waals surface area (Å²) in [5, 5.41) is 0. The molecule has 96 valence electrons. The van der Waals surface area contributed by atoms with E-state index in [-0.39, 0.29) is 16.9 Å². The zero-order chi connectivity index (χ0) is 13.6. The van der Waals surface area contributed by atoms with E-state index in [2.05, 4.69) is 9.97 Å². The molecular weight excluding hydrogens is 247 g/mol. The van der Waals surface area contributed by atoms with Crippen molar-refractivity contribution in [2.75, 3.05) is 0 Å². The largest absolute Gasteiger partial charge is 0.436 e. The standard InChI is InChI=1S/C14H11FN2O2/c1-7-8(2)16-13(18)11-12(7)19-14(17-11)9-3-5-10(15)6-4-9/h3-6H,1-2H3,(H,16,18). The van der Waals surface area contributed by atoms with Gasteiger partial charge in [-0.05, 0) is 38.1 Å². The second-order valence-corrected chi connectivity index (χ2v) is 4.41. The number of oxazole rings is 1. The fourth-order valence-electron chi connectivity index (χ4n) is 1.94. The number of benzene rings is 1. The first kappa shape index (κ1) is 11.6. The summed E-state index contributed by atoms with van der Waals surface area (Å²) in [6.07, 6.45) is 0. The van der Waals surface area contributed by atoms with Crippen LogP contribution in [0.15, 0.2) is 33.5 Å². The highest BCUT2D eigenvalue weighted by Gasteiger charge is 2.14. The first-order valence-electron chi connectivity index (χ1n) is 5.82. The first-order chi connectivity index (χ1) is 9.06. The Labute approximate surface area is 107 Å². The van der Waals surface area contributed by atoms with E-state index in [1.807, 2.05) is 6.92 Å². The van der Waals surface area contributed by atoms with Crippen LogP contribution in [0.5, 0.6) is 0 Å². The van der Waals surface area contributed by atoms with Crippen molar-refractivity contribution in [2.45, 2.75) is 13.8 Å². The monoisotopic (exact) mass is 258 g/mol. The minimum atomic E-state index is -0.329. The van der Waals surface area contributed by atoms with Crippen molar-refractivity contribution < 1.29 is 8.81 Å². The third-order valence-electron chi connectivity index (χ3n) is 3.14. The number of pyridine rings is 1. The summed E-state index contributed by atoms with van der Waals surface area (Å²) in [6, 6.07) is 5.78. The van der Waals surface area contributed by atoms with Gasteiger partial charge in [0.15, 0.2) is 11.1 Å². The van der Waals surface area contributed by atoms with Gasteiger partial charge in [0.2, 0.25) is 5.89 Å². The highest BCUT2D eigenvalue weighted by atomic mass is 19.1. The van der Waals surface area contributed by atoms with Gasteiger partial charge >= 0.3 is 0 Å². The average molecular weight is 258 g/mol. The maximum Gasteiger partial charge on any atom is 0.278 e. The van der Waals surface area contributed by atoms with Crippen molar-refractivity contribution >= 4 is 11.1 Å². The van der Waals surface area contributed by atoms with Crippen LogP contribution in [0.3, 0.4) is 0 Å². The fourth-order valence-corrected chi connectivity index (χ4v) is 1.94. The number of H-pyrrole nitrogens is 1. The molecule has 0 aliphatic heterocycles. The van der Waals surface area contributed by atoms with Gasteiger partial charge in [0.25, 0.3) is 5.56 Å². The van der Waals surface area contributed by atoms with Gasteiger partial charge in [-0.1, -0.05) is 0 Å². The first-order valence-corrected chi connectivity index (χ1v) is 5.82. The van der Waals surface area contributed by atoms with Gasteiger partial charge in [0.1, 0.15) is 5.82 Å². The second-order valence-electron chi connectivity index (χ2n) is 4.41. The second kappa shape index (κ2) is 4.05. The number of rotatable bonds is 1. The number of hydrogen-bond acceptors (Lipinski definition) is 3. The highest BCUT2D eigenvalue weighted by Crippen LogP contribution is 2.25. The number of fused-ring (bicyclic) bond motifs is 1. The lowest BCUT2D eigenvalue weighted by atomic mass is 10.2. The van der Waals surface area contributed by atoms with Crippen LogP contribution in [0.25, 0.3) is 22.6 Å². The topological polar surface area (TPSA) is 58.9 Å². The molecule has 0 radical (unpaired) electrons. The summed E-state index contributed by atoms with van der Waals surface area (Å²) in [4.78, 5) is 18.7. The van der Waals surface area contributed by atoms with Gasteiger partial charge in [0, 0.05) is 16.8 Å². The Morgan fingerprint density at radius 1 is 1.21 bits per heavy atom. The number of nitrogens with one attached hydrogen (secondary N) is 1. The molecule has 0 atom stereocenters. The van der Waals surface area contributed by atoms with Crippen molar-refractivity contribution in [1.29, 1.82) is 0 Å². The van der Waals surface area contributed by atoms with Crippen LogP contribution in [-0.4, -0.2) is 9.97 Å². The quantitative estimate of drug-likeness (QED) is 0.730. The van der Waals surface area contributed by atoms with Crippen molar-refractivity contribution in [2.24, 2.45) is 0 Å². The Morgan fingerprint density at radius 3 is 2.58 bits per heavy atom. The lowest BCUT2D eigenvalue weighted by molar-refractivity contribution is 0.613. The van der Waals surface area contributed by atoms with Gasteiger partial charge in [0.05, 0.1) is 0 Å². The van der Waals surface area contributed by atoms with Crippen LogP contribution in [0.1, 0.15) is 11.3 Å². The van der Waals surface area contributed by atoms with E-state index in [1.165, 1.54) is 12.1 Å². The molecule has 0 amide bonds. The molecule has 0 aliphatic rings. The van der Waals surface area contributed by atoms with E-state index < -0.39 is 0 Å². The van der Waals surface area contributed by atoms with Crippen molar-refractivity contribution in [3.63, 3.8) is 0 Å². The predicted octanol–water partition coefficient (Wildman–Crippen LogP) is 2.94. The van der Waals surface area contributed by atoms with Crippen molar-refractivity contribution in [3.8, 4) is 11.5 Å². The van der Waals surface area contributed by atoms with Gasteiger partial charge in [-0.2, -0.15) is 0 Å². The zero-order valence-electron chi connectivity index (χ0n) is 10.5. The molecule has 0 spiro atoms. The molecule has 2 aromatic heterocycles. The Bertz CT molecular complexity index is 816. The minimum Gasteiger partial charge on any atom is -0.436 e. The number of aromatic nitrogens is 2. The average Bonchev–Trinajstić information content (AvgIpc) is 2.83. The molecule has 0 fully saturated rings. The lowest BCUT2D eigenvalue weighted by Crippen LogP contribution is -2.09. The summed E-state index contributed by atoms with van der Waals surface area (Å²) in [5.74, 6) is -0.0149. The predicted molar refractivity (Wildman–Crippen MR) is 69.5 cm³/mol. The van der Waals surface area contributed by atoms with Crippen LogP contribution in [-0.2, 0) is 0 Å². The van der Waals surface area contributed by atoms with Crippen LogP contribution >= 0.6 is 0 Å². The van der Waals surface area contributed by atoms with E-state index in [4.69, 9.17) is 4.42 Å². The molecule has 2 heterocycles. The van der Waals surface area contributed by atoms with Crippen LogP contribution in [0.4, 0.5) is 4.39 Å². The molecule has 3 aromatic rings. The highest BCUT2D eigenvalue weighted by molar-refractivity contribution is 5.78. The van der Waals surface area contributed by atoms with Crippen LogP contribution in [0.2, 0.25) is 0 Å². The Hall–Kier alpha value is -2.43.